The Labute approximate surface area is 199 Å². The molecule has 0 saturated carbocycles. The Morgan fingerprint density at radius 1 is 1.15 bits per heavy atom. The summed E-state index contributed by atoms with van der Waals surface area (Å²) in [6.07, 6.45) is 1.56. The molecule has 4 aromatic rings. The van der Waals surface area contributed by atoms with Gasteiger partial charge in [0, 0.05) is 30.0 Å². The lowest BCUT2D eigenvalue weighted by molar-refractivity contribution is -0.116. The van der Waals surface area contributed by atoms with Crippen LogP contribution in [0.4, 0.5) is 5.69 Å². The Kier molecular flexibility index (Phi) is 6.67. The number of thiophene rings is 1. The largest absolute Gasteiger partial charge is 0.495 e. The van der Waals surface area contributed by atoms with Gasteiger partial charge in [-0.05, 0) is 18.6 Å². The Balaban J connectivity index is 1.54. The standard InChI is InChI=1S/C24H22ClN3O4S/c1-14-4-6-15(7-5-14)16-12-33-23-22(16)24(30)28(13-26-23)9-8-21(29)27-18-10-17(25)19(31-2)11-20(18)32-3/h4-7,10-13H,8-9H2,1-3H3,(H,27,29). The van der Waals surface area contributed by atoms with Gasteiger partial charge in [0.2, 0.25) is 5.91 Å². The number of fused-ring (bicyclic) bond motifs is 1. The lowest BCUT2D eigenvalue weighted by Gasteiger charge is -2.13. The van der Waals surface area contributed by atoms with Crippen LogP contribution < -0.4 is 20.3 Å². The number of nitrogens with one attached hydrogen (secondary N) is 1. The number of amides is 1. The van der Waals surface area contributed by atoms with E-state index in [1.807, 2.05) is 36.6 Å². The van der Waals surface area contributed by atoms with Gasteiger partial charge in [0.25, 0.3) is 5.56 Å². The summed E-state index contributed by atoms with van der Waals surface area (Å²) in [5.74, 6) is 0.578. The molecule has 0 bridgehead atoms. The average Bonchev–Trinajstić information content (AvgIpc) is 3.24. The van der Waals surface area contributed by atoms with Crippen molar-refractivity contribution < 1.29 is 14.3 Å². The maximum absolute atomic E-state index is 13.2. The molecule has 0 aliphatic heterocycles. The zero-order valence-corrected chi connectivity index (χ0v) is 19.9. The van der Waals surface area contributed by atoms with Crippen LogP contribution in [0.25, 0.3) is 21.3 Å². The molecular formula is C24H22ClN3O4S. The van der Waals surface area contributed by atoms with Crippen molar-refractivity contribution in [2.75, 3.05) is 19.5 Å². The first-order valence-electron chi connectivity index (χ1n) is 10.2. The van der Waals surface area contributed by atoms with Gasteiger partial charge in [0.15, 0.2) is 0 Å². The minimum atomic E-state index is -0.286. The highest BCUT2D eigenvalue weighted by Gasteiger charge is 2.15. The predicted octanol–water partition coefficient (Wildman–Crippen LogP) is 5.13. The summed E-state index contributed by atoms with van der Waals surface area (Å²) in [5.41, 5.74) is 3.21. The van der Waals surface area contributed by atoms with E-state index >= 15 is 0 Å². The molecule has 170 valence electrons. The number of ether oxygens (including phenoxy) is 2. The smallest absolute Gasteiger partial charge is 0.262 e. The molecule has 33 heavy (non-hydrogen) atoms. The number of hydrogen-bond acceptors (Lipinski definition) is 6. The lowest BCUT2D eigenvalue weighted by Crippen LogP contribution is -2.23. The molecule has 0 saturated heterocycles. The van der Waals surface area contributed by atoms with Crippen LogP contribution in [0.2, 0.25) is 5.02 Å². The summed E-state index contributed by atoms with van der Waals surface area (Å²) in [7, 11) is 2.99. The van der Waals surface area contributed by atoms with Crippen LogP contribution in [0.1, 0.15) is 12.0 Å². The second kappa shape index (κ2) is 9.64. The van der Waals surface area contributed by atoms with Gasteiger partial charge >= 0.3 is 0 Å². The van der Waals surface area contributed by atoms with Crippen molar-refractivity contribution in [1.29, 1.82) is 0 Å². The van der Waals surface area contributed by atoms with Crippen molar-refractivity contribution in [2.45, 2.75) is 19.9 Å². The molecule has 0 spiro atoms. The van der Waals surface area contributed by atoms with E-state index in [2.05, 4.69) is 10.3 Å². The Hall–Kier alpha value is -3.36. The van der Waals surface area contributed by atoms with Crippen molar-refractivity contribution >= 4 is 44.7 Å². The van der Waals surface area contributed by atoms with Crippen LogP contribution in [0.15, 0.2) is 52.9 Å². The predicted molar refractivity (Wildman–Crippen MR) is 132 cm³/mol. The number of nitrogens with zero attached hydrogens (tertiary/aromatic N) is 2. The SMILES string of the molecule is COc1cc(OC)c(NC(=O)CCn2cnc3scc(-c4ccc(C)cc4)c3c2=O)cc1Cl. The minimum absolute atomic E-state index is 0.0733. The fourth-order valence-electron chi connectivity index (χ4n) is 3.46. The molecule has 7 nitrogen and oxygen atoms in total. The van der Waals surface area contributed by atoms with E-state index in [4.69, 9.17) is 21.1 Å². The van der Waals surface area contributed by atoms with Crippen molar-refractivity contribution in [2.24, 2.45) is 0 Å². The third-order valence-electron chi connectivity index (χ3n) is 5.25. The third-order valence-corrected chi connectivity index (χ3v) is 6.43. The minimum Gasteiger partial charge on any atom is -0.495 e. The van der Waals surface area contributed by atoms with Crippen molar-refractivity contribution in [1.82, 2.24) is 9.55 Å². The molecule has 0 radical (unpaired) electrons. The number of rotatable bonds is 7. The van der Waals surface area contributed by atoms with E-state index in [0.29, 0.717) is 32.4 Å². The van der Waals surface area contributed by atoms with E-state index in [0.717, 1.165) is 16.7 Å². The molecule has 4 rings (SSSR count). The first-order valence-corrected chi connectivity index (χ1v) is 11.4. The number of methoxy groups -OCH3 is 2. The van der Waals surface area contributed by atoms with E-state index in [-0.39, 0.29) is 24.4 Å². The molecule has 1 amide bonds. The lowest BCUT2D eigenvalue weighted by atomic mass is 10.1. The third kappa shape index (κ3) is 4.72. The van der Waals surface area contributed by atoms with Crippen LogP contribution in [-0.4, -0.2) is 29.7 Å². The number of aromatic nitrogens is 2. The Morgan fingerprint density at radius 3 is 2.58 bits per heavy atom. The number of aryl methyl sites for hydroxylation is 2. The van der Waals surface area contributed by atoms with E-state index in [9.17, 15) is 9.59 Å². The van der Waals surface area contributed by atoms with E-state index < -0.39 is 0 Å². The number of anilines is 1. The zero-order valence-electron chi connectivity index (χ0n) is 18.3. The highest BCUT2D eigenvalue weighted by Crippen LogP contribution is 2.36. The monoisotopic (exact) mass is 483 g/mol. The maximum atomic E-state index is 13.2. The molecular weight excluding hydrogens is 462 g/mol. The second-order valence-corrected chi connectivity index (χ2v) is 8.69. The number of halogens is 1. The molecule has 2 heterocycles. The van der Waals surface area contributed by atoms with E-state index in [1.54, 1.807) is 12.1 Å². The van der Waals surface area contributed by atoms with Crippen molar-refractivity contribution in [3.05, 3.63) is 69.0 Å². The van der Waals surface area contributed by atoms with Crippen LogP contribution >= 0.6 is 22.9 Å². The van der Waals surface area contributed by atoms with Gasteiger partial charge in [-0.15, -0.1) is 11.3 Å². The summed E-state index contributed by atoms with van der Waals surface area (Å²) in [5, 5.41) is 5.64. The first-order chi connectivity index (χ1) is 15.9. The molecule has 0 aliphatic carbocycles. The highest BCUT2D eigenvalue weighted by atomic mass is 35.5. The van der Waals surface area contributed by atoms with Gasteiger partial charge in [-0.1, -0.05) is 41.4 Å². The first kappa shape index (κ1) is 22.8. The van der Waals surface area contributed by atoms with Crippen LogP contribution in [0.5, 0.6) is 11.5 Å². The van der Waals surface area contributed by atoms with Gasteiger partial charge in [0.1, 0.15) is 16.3 Å². The Morgan fingerprint density at radius 2 is 1.88 bits per heavy atom. The fourth-order valence-corrected chi connectivity index (χ4v) is 4.61. The van der Waals surface area contributed by atoms with Crippen LogP contribution in [0.3, 0.4) is 0 Å². The number of carbonyl (C=O) groups excluding carboxylic acids is 1. The molecule has 9 heteroatoms. The Bertz CT molecular complexity index is 1380. The normalized spacial score (nSPS) is 10.9. The van der Waals surface area contributed by atoms with Gasteiger partial charge in [0.05, 0.1) is 36.6 Å². The van der Waals surface area contributed by atoms with Gasteiger partial charge in [-0.3, -0.25) is 14.2 Å². The number of carbonyl (C=O) groups is 1. The molecule has 2 aromatic carbocycles. The summed E-state index contributed by atoms with van der Waals surface area (Å²) >= 11 is 7.60. The highest BCUT2D eigenvalue weighted by molar-refractivity contribution is 7.17. The van der Waals surface area contributed by atoms with Crippen LogP contribution in [-0.2, 0) is 11.3 Å². The summed E-state index contributed by atoms with van der Waals surface area (Å²) in [6, 6.07) is 11.2. The summed E-state index contributed by atoms with van der Waals surface area (Å²) in [4.78, 5) is 30.9. The number of benzene rings is 2. The molecule has 1 N–H and O–H groups in total. The van der Waals surface area contributed by atoms with Gasteiger partial charge < -0.3 is 14.8 Å². The average molecular weight is 484 g/mol. The van der Waals surface area contributed by atoms with Gasteiger partial charge in [-0.25, -0.2) is 4.98 Å². The quantitative estimate of drug-likeness (QED) is 0.394. The van der Waals surface area contributed by atoms with Gasteiger partial charge in [-0.2, -0.15) is 0 Å². The molecule has 0 aliphatic rings. The second-order valence-electron chi connectivity index (χ2n) is 7.42. The summed E-state index contributed by atoms with van der Waals surface area (Å²) in [6.45, 7) is 2.20. The summed E-state index contributed by atoms with van der Waals surface area (Å²) < 4.78 is 11.9. The fraction of sp³-hybridized carbons (Fsp3) is 0.208. The number of hydrogen-bond donors (Lipinski definition) is 1. The topological polar surface area (TPSA) is 82.4 Å². The zero-order chi connectivity index (χ0) is 23.5. The molecule has 0 atom stereocenters. The van der Waals surface area contributed by atoms with Crippen LogP contribution in [0, 0.1) is 6.92 Å². The maximum Gasteiger partial charge on any atom is 0.262 e. The van der Waals surface area contributed by atoms with E-state index in [1.165, 1.54) is 36.5 Å². The molecule has 0 unspecified atom stereocenters. The van der Waals surface area contributed by atoms with Crippen molar-refractivity contribution in [3.8, 4) is 22.6 Å². The van der Waals surface area contributed by atoms with Crippen molar-refractivity contribution in [3.63, 3.8) is 0 Å². The molecule has 2 aromatic heterocycles. The molecule has 0 fully saturated rings.